The summed E-state index contributed by atoms with van der Waals surface area (Å²) in [7, 11) is 2.08. The van der Waals surface area contributed by atoms with Gasteiger partial charge in [-0.05, 0) is 50.7 Å². The van der Waals surface area contributed by atoms with Crippen LogP contribution in [0.15, 0.2) is 0 Å². The lowest BCUT2D eigenvalue weighted by atomic mass is 9.86. The quantitative estimate of drug-likeness (QED) is 0.868. The molecule has 0 radical (unpaired) electrons. The normalized spacial score (nSPS) is 38.0. The van der Waals surface area contributed by atoms with Gasteiger partial charge >= 0.3 is 0 Å². The molecule has 3 aliphatic rings. The summed E-state index contributed by atoms with van der Waals surface area (Å²) in [6, 6.07) is 0.560. The largest absolute Gasteiger partial charge is 0.375 e. The molecule has 0 amide bonds. The third-order valence-electron chi connectivity index (χ3n) is 5.29. The molecule has 2 heterocycles. The van der Waals surface area contributed by atoms with Crippen LogP contribution in [0.1, 0.15) is 51.4 Å². The van der Waals surface area contributed by atoms with Crippen molar-refractivity contribution in [3.8, 4) is 0 Å². The van der Waals surface area contributed by atoms with Crippen LogP contribution in [-0.4, -0.2) is 49.0 Å². The van der Waals surface area contributed by atoms with Crippen molar-refractivity contribution in [2.45, 2.75) is 75.2 Å². The van der Waals surface area contributed by atoms with E-state index in [9.17, 15) is 0 Å². The van der Waals surface area contributed by atoms with Crippen molar-refractivity contribution in [2.75, 3.05) is 25.2 Å². The Balaban J connectivity index is 1.56. The van der Waals surface area contributed by atoms with E-state index >= 15 is 0 Å². The van der Waals surface area contributed by atoms with E-state index in [0.717, 1.165) is 19.4 Å². The Morgan fingerprint density at radius 3 is 2.75 bits per heavy atom. The minimum absolute atomic E-state index is 0.151. The second-order valence-corrected chi connectivity index (χ2v) is 7.84. The van der Waals surface area contributed by atoms with Crippen molar-refractivity contribution in [2.24, 2.45) is 0 Å². The summed E-state index contributed by atoms with van der Waals surface area (Å²) in [5.74, 6) is 2.52. The van der Waals surface area contributed by atoms with Crippen LogP contribution in [0.5, 0.6) is 0 Å². The Morgan fingerprint density at radius 1 is 1.15 bits per heavy atom. The molecule has 4 heteroatoms. The first-order chi connectivity index (χ1) is 9.81. The number of ether oxygens (including phenoxy) is 2. The van der Waals surface area contributed by atoms with E-state index in [2.05, 4.69) is 24.1 Å². The van der Waals surface area contributed by atoms with Gasteiger partial charge in [-0.2, -0.15) is 11.8 Å². The lowest BCUT2D eigenvalue weighted by molar-refractivity contribution is -0.157. The van der Waals surface area contributed by atoms with Gasteiger partial charge in [-0.1, -0.05) is 12.8 Å². The number of thioether (sulfide) groups is 1. The van der Waals surface area contributed by atoms with Crippen LogP contribution in [-0.2, 0) is 9.47 Å². The molecule has 3 nitrogen and oxygen atoms in total. The number of hydrogen-bond donors (Lipinski definition) is 1. The van der Waals surface area contributed by atoms with E-state index in [1.165, 1.54) is 50.0 Å². The van der Waals surface area contributed by atoms with Crippen molar-refractivity contribution in [1.29, 1.82) is 0 Å². The summed E-state index contributed by atoms with van der Waals surface area (Å²) in [5, 5.41) is 3.46. The van der Waals surface area contributed by atoms with Gasteiger partial charge in [0.15, 0.2) is 0 Å². The summed E-state index contributed by atoms with van der Waals surface area (Å²) in [6.45, 7) is 0.895. The average molecular weight is 299 g/mol. The van der Waals surface area contributed by atoms with Gasteiger partial charge in [-0.15, -0.1) is 0 Å². The average Bonchev–Trinajstić information content (AvgIpc) is 2.49. The van der Waals surface area contributed by atoms with E-state index < -0.39 is 0 Å². The molecule has 2 aliphatic heterocycles. The van der Waals surface area contributed by atoms with E-state index in [-0.39, 0.29) is 5.60 Å². The Morgan fingerprint density at radius 2 is 1.95 bits per heavy atom. The lowest BCUT2D eigenvalue weighted by Gasteiger charge is -2.45. The second kappa shape index (κ2) is 6.99. The van der Waals surface area contributed by atoms with Crippen LogP contribution in [0, 0.1) is 0 Å². The predicted molar refractivity (Wildman–Crippen MR) is 84.5 cm³/mol. The van der Waals surface area contributed by atoms with Gasteiger partial charge in [-0.25, -0.2) is 0 Å². The van der Waals surface area contributed by atoms with Crippen molar-refractivity contribution >= 4 is 11.8 Å². The van der Waals surface area contributed by atoms with E-state index in [4.69, 9.17) is 9.47 Å². The van der Waals surface area contributed by atoms with E-state index in [0.29, 0.717) is 18.2 Å². The molecule has 0 bridgehead atoms. The maximum Gasteiger partial charge on any atom is 0.0731 e. The highest BCUT2D eigenvalue weighted by Gasteiger charge is 2.40. The highest BCUT2D eigenvalue weighted by Crippen LogP contribution is 2.39. The molecular formula is C16H29NO2S. The number of hydrogen-bond acceptors (Lipinski definition) is 4. The molecule has 1 aliphatic carbocycles. The molecule has 3 fully saturated rings. The molecule has 0 aromatic carbocycles. The number of rotatable bonds is 3. The smallest absolute Gasteiger partial charge is 0.0731 e. The van der Waals surface area contributed by atoms with Crippen molar-refractivity contribution in [3.63, 3.8) is 0 Å². The van der Waals surface area contributed by atoms with Crippen LogP contribution in [0.25, 0.3) is 0 Å². The van der Waals surface area contributed by atoms with Crippen LogP contribution in [0.3, 0.4) is 0 Å². The second-order valence-electron chi connectivity index (χ2n) is 6.61. The SMILES string of the molecule is CNC1CCCCC1OC1CCOC2(CCSCC2)C1. The summed E-state index contributed by atoms with van der Waals surface area (Å²) in [4.78, 5) is 0. The van der Waals surface area contributed by atoms with Crippen molar-refractivity contribution in [3.05, 3.63) is 0 Å². The van der Waals surface area contributed by atoms with Crippen LogP contribution < -0.4 is 5.32 Å². The number of nitrogens with one attached hydrogen (secondary N) is 1. The molecule has 1 N–H and O–H groups in total. The third kappa shape index (κ3) is 3.52. The molecule has 116 valence electrons. The molecule has 1 spiro atoms. The first kappa shape index (κ1) is 15.1. The fraction of sp³-hybridized carbons (Fsp3) is 1.00. The van der Waals surface area contributed by atoms with Crippen LogP contribution in [0.2, 0.25) is 0 Å². The van der Waals surface area contributed by atoms with Gasteiger partial charge in [0.25, 0.3) is 0 Å². The zero-order valence-electron chi connectivity index (χ0n) is 12.7. The molecule has 1 saturated carbocycles. The summed E-state index contributed by atoms with van der Waals surface area (Å²) >= 11 is 2.07. The topological polar surface area (TPSA) is 30.5 Å². The van der Waals surface area contributed by atoms with Gasteiger partial charge in [0.1, 0.15) is 0 Å². The van der Waals surface area contributed by atoms with Crippen LogP contribution in [0.4, 0.5) is 0 Å². The third-order valence-corrected chi connectivity index (χ3v) is 6.28. The molecule has 2 saturated heterocycles. The molecule has 3 unspecified atom stereocenters. The molecule has 20 heavy (non-hydrogen) atoms. The zero-order valence-corrected chi connectivity index (χ0v) is 13.6. The fourth-order valence-corrected chi connectivity index (χ4v) is 5.26. The first-order valence-corrected chi connectivity index (χ1v) is 9.51. The van der Waals surface area contributed by atoms with Crippen LogP contribution >= 0.6 is 11.8 Å². The van der Waals surface area contributed by atoms with Gasteiger partial charge in [0.2, 0.25) is 0 Å². The Hall–Kier alpha value is 0.230. The minimum Gasteiger partial charge on any atom is -0.375 e. The minimum atomic E-state index is 0.151. The fourth-order valence-electron chi connectivity index (χ4n) is 4.03. The number of likely N-dealkylation sites (N-methyl/N-ethyl adjacent to an activating group) is 1. The maximum absolute atomic E-state index is 6.51. The molecule has 0 aromatic heterocycles. The highest BCUT2D eigenvalue weighted by molar-refractivity contribution is 7.99. The van der Waals surface area contributed by atoms with Gasteiger partial charge in [0.05, 0.1) is 17.8 Å². The van der Waals surface area contributed by atoms with E-state index in [1.54, 1.807) is 0 Å². The summed E-state index contributed by atoms with van der Waals surface area (Å²) in [6.07, 6.45) is 10.7. The van der Waals surface area contributed by atoms with E-state index in [1.807, 2.05) is 0 Å². The Labute approximate surface area is 127 Å². The molecular weight excluding hydrogens is 270 g/mol. The standard InChI is InChI=1S/C16H29NO2S/c1-17-14-4-2-3-5-15(14)19-13-6-9-18-16(12-13)7-10-20-11-8-16/h13-15,17H,2-12H2,1H3. The highest BCUT2D eigenvalue weighted by atomic mass is 32.2. The van der Waals surface area contributed by atoms with Gasteiger partial charge < -0.3 is 14.8 Å². The molecule has 3 atom stereocenters. The Kier molecular flexibility index (Phi) is 5.29. The zero-order chi connectivity index (χ0) is 13.8. The monoisotopic (exact) mass is 299 g/mol. The summed E-state index contributed by atoms with van der Waals surface area (Å²) < 4.78 is 12.7. The van der Waals surface area contributed by atoms with Gasteiger partial charge in [0, 0.05) is 19.1 Å². The summed E-state index contributed by atoms with van der Waals surface area (Å²) in [5.41, 5.74) is 0.151. The Bertz CT molecular complexity index is 301. The lowest BCUT2D eigenvalue weighted by Crippen LogP contribution is -2.49. The van der Waals surface area contributed by atoms with Crippen molar-refractivity contribution < 1.29 is 9.47 Å². The first-order valence-electron chi connectivity index (χ1n) is 8.36. The van der Waals surface area contributed by atoms with Gasteiger partial charge in [-0.3, -0.25) is 0 Å². The molecule has 0 aromatic rings. The molecule has 3 rings (SSSR count). The maximum atomic E-state index is 6.51. The van der Waals surface area contributed by atoms with Crippen molar-refractivity contribution in [1.82, 2.24) is 5.32 Å². The predicted octanol–water partition coefficient (Wildman–Crippen LogP) is 2.98.